The van der Waals surface area contributed by atoms with Crippen LogP contribution in [0.3, 0.4) is 0 Å². The molecule has 1 aliphatic heterocycles. The van der Waals surface area contributed by atoms with Crippen LogP contribution in [0.5, 0.6) is 0 Å². The van der Waals surface area contributed by atoms with Crippen LogP contribution in [-0.2, 0) is 4.79 Å². The number of nitrogens with zero attached hydrogens (tertiary/aromatic N) is 3. The number of halogens is 2. The van der Waals surface area contributed by atoms with Gasteiger partial charge in [0.25, 0.3) is 5.91 Å². The van der Waals surface area contributed by atoms with Crippen LogP contribution < -0.4 is 5.32 Å². The summed E-state index contributed by atoms with van der Waals surface area (Å²) in [6.07, 6.45) is 4.32. The zero-order chi connectivity index (χ0) is 21.1. The maximum absolute atomic E-state index is 13.0. The first-order valence-corrected chi connectivity index (χ1v) is 10.2. The molecule has 1 aromatic heterocycles. The third kappa shape index (κ3) is 4.45. The fourth-order valence-corrected chi connectivity index (χ4v) is 4.00. The minimum atomic E-state index is -0.580. The highest BCUT2D eigenvalue weighted by Crippen LogP contribution is 2.25. The van der Waals surface area contributed by atoms with Crippen molar-refractivity contribution in [3.05, 3.63) is 76.5 Å². The van der Waals surface area contributed by atoms with Crippen LogP contribution in [0, 0.1) is 0 Å². The predicted molar refractivity (Wildman–Crippen MR) is 117 cm³/mol. The van der Waals surface area contributed by atoms with E-state index in [-0.39, 0.29) is 11.8 Å². The summed E-state index contributed by atoms with van der Waals surface area (Å²) < 4.78 is 0. The number of likely N-dealkylation sites (tertiary alicyclic amines) is 1. The van der Waals surface area contributed by atoms with Crippen molar-refractivity contribution >= 4 is 40.7 Å². The van der Waals surface area contributed by atoms with Gasteiger partial charge in [0.15, 0.2) is 5.82 Å². The Morgan fingerprint density at radius 2 is 1.67 bits per heavy atom. The van der Waals surface area contributed by atoms with Gasteiger partial charge in [0.2, 0.25) is 5.91 Å². The van der Waals surface area contributed by atoms with Crippen molar-refractivity contribution in [1.29, 1.82) is 0 Å². The largest absolute Gasteiger partial charge is 0.327 e. The maximum Gasteiger partial charge on any atom is 0.257 e. The second kappa shape index (κ2) is 8.81. The van der Waals surface area contributed by atoms with Gasteiger partial charge in [0, 0.05) is 40.2 Å². The Bertz CT molecular complexity index is 1050. The lowest BCUT2D eigenvalue weighted by Gasteiger charge is -2.24. The summed E-state index contributed by atoms with van der Waals surface area (Å²) in [6.45, 7) is 0.494. The van der Waals surface area contributed by atoms with Gasteiger partial charge in [-0.15, -0.1) is 0 Å². The molecule has 4 rings (SSSR count). The molecule has 0 radical (unpaired) electrons. The number of carbonyl (C=O) groups excluding carboxylic acids is 2. The lowest BCUT2D eigenvalue weighted by atomic mass is 10.1. The number of amides is 2. The number of nitrogens with one attached hydrogen (secondary N) is 1. The van der Waals surface area contributed by atoms with Crippen molar-refractivity contribution in [3.8, 4) is 11.4 Å². The number of benzene rings is 2. The molecule has 1 N–H and O–H groups in total. The van der Waals surface area contributed by atoms with Gasteiger partial charge in [-0.1, -0.05) is 53.5 Å². The van der Waals surface area contributed by atoms with Gasteiger partial charge in [-0.3, -0.25) is 9.59 Å². The first-order valence-electron chi connectivity index (χ1n) is 9.46. The van der Waals surface area contributed by atoms with Crippen molar-refractivity contribution in [3.63, 3.8) is 0 Å². The molecule has 6 nitrogen and oxygen atoms in total. The molecule has 0 spiro atoms. The van der Waals surface area contributed by atoms with Crippen LogP contribution >= 0.6 is 23.2 Å². The monoisotopic (exact) mass is 440 g/mol. The van der Waals surface area contributed by atoms with E-state index < -0.39 is 6.04 Å². The van der Waals surface area contributed by atoms with Crippen LogP contribution in [0.4, 0.5) is 5.69 Å². The normalized spacial score (nSPS) is 15.8. The van der Waals surface area contributed by atoms with Gasteiger partial charge in [0.1, 0.15) is 6.04 Å². The first kappa shape index (κ1) is 20.3. The van der Waals surface area contributed by atoms with E-state index >= 15 is 0 Å². The molecule has 1 saturated heterocycles. The zero-order valence-electron chi connectivity index (χ0n) is 15.9. The molecule has 2 heterocycles. The highest BCUT2D eigenvalue weighted by molar-refractivity contribution is 6.35. The average molecular weight is 441 g/mol. The third-order valence-corrected chi connectivity index (χ3v) is 5.31. The standard InChI is InChI=1S/C22H18Cl2N4O2/c23-16-9-17(24)11-18(10-16)27-21(29)19-7-4-8-28(19)22(30)15-12-25-20(26-13-15)14-5-2-1-3-6-14/h1-3,5-6,9-13,19H,4,7-8H2,(H,27,29). The molecule has 2 amide bonds. The molecule has 152 valence electrons. The van der Waals surface area contributed by atoms with E-state index in [0.717, 1.165) is 12.0 Å². The Balaban J connectivity index is 1.48. The number of hydrogen-bond donors (Lipinski definition) is 1. The van der Waals surface area contributed by atoms with Gasteiger partial charge in [0.05, 0.1) is 5.56 Å². The van der Waals surface area contributed by atoms with Crippen molar-refractivity contribution in [2.45, 2.75) is 18.9 Å². The minimum Gasteiger partial charge on any atom is -0.327 e. The van der Waals surface area contributed by atoms with E-state index in [4.69, 9.17) is 23.2 Å². The number of carbonyl (C=O) groups is 2. The highest BCUT2D eigenvalue weighted by Gasteiger charge is 2.35. The lowest BCUT2D eigenvalue weighted by Crippen LogP contribution is -2.43. The molecule has 1 aliphatic rings. The van der Waals surface area contributed by atoms with E-state index in [1.54, 1.807) is 23.1 Å². The molecule has 0 saturated carbocycles. The topological polar surface area (TPSA) is 75.2 Å². The average Bonchev–Trinajstić information content (AvgIpc) is 3.23. The molecular formula is C22H18Cl2N4O2. The molecule has 2 aromatic carbocycles. The van der Waals surface area contributed by atoms with Gasteiger partial charge in [-0.05, 0) is 31.0 Å². The van der Waals surface area contributed by atoms with Gasteiger partial charge >= 0.3 is 0 Å². The summed E-state index contributed by atoms with van der Waals surface area (Å²) in [4.78, 5) is 36.0. The van der Waals surface area contributed by atoms with Crippen LogP contribution in [0.2, 0.25) is 10.0 Å². The lowest BCUT2D eigenvalue weighted by molar-refractivity contribution is -0.119. The Labute approximate surface area is 183 Å². The summed E-state index contributed by atoms with van der Waals surface area (Å²) in [5, 5.41) is 3.65. The van der Waals surface area contributed by atoms with Crippen LogP contribution in [-0.4, -0.2) is 39.3 Å². The zero-order valence-corrected chi connectivity index (χ0v) is 17.4. The van der Waals surface area contributed by atoms with E-state index in [0.29, 0.717) is 40.1 Å². The van der Waals surface area contributed by atoms with Crippen LogP contribution in [0.1, 0.15) is 23.2 Å². The Kier molecular flexibility index (Phi) is 5.97. The molecule has 0 aliphatic carbocycles. The van der Waals surface area contributed by atoms with E-state index in [1.807, 2.05) is 30.3 Å². The van der Waals surface area contributed by atoms with E-state index in [1.165, 1.54) is 12.4 Å². The number of aromatic nitrogens is 2. The fraction of sp³-hybridized carbons (Fsp3) is 0.182. The van der Waals surface area contributed by atoms with Crippen molar-refractivity contribution in [2.75, 3.05) is 11.9 Å². The van der Waals surface area contributed by atoms with Gasteiger partial charge in [-0.25, -0.2) is 9.97 Å². The van der Waals surface area contributed by atoms with Gasteiger partial charge < -0.3 is 10.2 Å². The Morgan fingerprint density at radius 1 is 1.00 bits per heavy atom. The van der Waals surface area contributed by atoms with Crippen molar-refractivity contribution < 1.29 is 9.59 Å². The highest BCUT2D eigenvalue weighted by atomic mass is 35.5. The molecule has 1 unspecified atom stereocenters. The van der Waals surface area contributed by atoms with E-state index in [9.17, 15) is 9.59 Å². The van der Waals surface area contributed by atoms with Crippen LogP contribution in [0.15, 0.2) is 60.9 Å². The Hall–Kier alpha value is -2.96. The molecule has 3 aromatic rings. The second-order valence-electron chi connectivity index (χ2n) is 6.97. The first-order chi connectivity index (χ1) is 14.5. The summed E-state index contributed by atoms with van der Waals surface area (Å²) in [7, 11) is 0. The van der Waals surface area contributed by atoms with E-state index in [2.05, 4.69) is 15.3 Å². The molecule has 1 fully saturated rings. The molecule has 0 bridgehead atoms. The quantitative estimate of drug-likeness (QED) is 0.637. The summed E-state index contributed by atoms with van der Waals surface area (Å²) >= 11 is 12.0. The summed E-state index contributed by atoms with van der Waals surface area (Å²) in [5.41, 5.74) is 1.71. The fourth-order valence-electron chi connectivity index (χ4n) is 3.47. The predicted octanol–water partition coefficient (Wildman–Crippen LogP) is 4.69. The van der Waals surface area contributed by atoms with Crippen molar-refractivity contribution in [1.82, 2.24) is 14.9 Å². The van der Waals surface area contributed by atoms with Gasteiger partial charge in [-0.2, -0.15) is 0 Å². The SMILES string of the molecule is O=C(Nc1cc(Cl)cc(Cl)c1)C1CCCN1C(=O)c1cnc(-c2ccccc2)nc1. The van der Waals surface area contributed by atoms with Crippen molar-refractivity contribution in [2.24, 2.45) is 0 Å². The molecule has 30 heavy (non-hydrogen) atoms. The molecule has 8 heteroatoms. The molecular weight excluding hydrogens is 423 g/mol. The Morgan fingerprint density at radius 3 is 2.33 bits per heavy atom. The molecule has 1 atom stereocenters. The number of rotatable bonds is 4. The third-order valence-electron chi connectivity index (χ3n) is 4.88. The number of hydrogen-bond acceptors (Lipinski definition) is 4. The maximum atomic E-state index is 13.0. The van der Waals surface area contributed by atoms with Crippen LogP contribution in [0.25, 0.3) is 11.4 Å². The summed E-state index contributed by atoms with van der Waals surface area (Å²) in [5.74, 6) is -0.00176. The summed E-state index contributed by atoms with van der Waals surface area (Å²) in [6, 6.07) is 13.8. The smallest absolute Gasteiger partial charge is 0.257 e. The number of anilines is 1. The second-order valence-corrected chi connectivity index (χ2v) is 7.84. The minimum absolute atomic E-state index is 0.267.